The van der Waals surface area contributed by atoms with Crippen molar-refractivity contribution in [3.8, 4) is 0 Å². The van der Waals surface area contributed by atoms with Gasteiger partial charge in [-0.1, -0.05) is 0 Å². The molecule has 4 amide bonds. The van der Waals surface area contributed by atoms with Crippen LogP contribution in [0.15, 0.2) is 0 Å². The van der Waals surface area contributed by atoms with Crippen LogP contribution in [0.4, 0.5) is 0 Å². The van der Waals surface area contributed by atoms with Crippen molar-refractivity contribution in [2.45, 2.75) is 56.3 Å². The van der Waals surface area contributed by atoms with Gasteiger partial charge in [-0.15, -0.1) is 0 Å². The molecule has 0 aromatic carbocycles. The van der Waals surface area contributed by atoms with Crippen molar-refractivity contribution >= 4 is 48.2 Å². The second kappa shape index (κ2) is 12.1. The van der Waals surface area contributed by atoms with Gasteiger partial charge >= 0.3 is 11.9 Å². The van der Waals surface area contributed by atoms with Crippen LogP contribution in [0.1, 0.15) is 32.1 Å². The number of nitrogens with zero attached hydrogens (tertiary/aromatic N) is 1. The van der Waals surface area contributed by atoms with E-state index in [9.17, 15) is 28.8 Å². The number of primary amides is 1. The molecule has 1 heterocycles. The van der Waals surface area contributed by atoms with Crippen LogP contribution in [0.2, 0.25) is 0 Å². The summed E-state index contributed by atoms with van der Waals surface area (Å²) in [5.41, 5.74) is 10.7. The summed E-state index contributed by atoms with van der Waals surface area (Å²) < 4.78 is 0. The molecule has 1 aliphatic heterocycles. The Balaban J connectivity index is 2.97. The lowest BCUT2D eigenvalue weighted by atomic mass is 10.1. The Labute approximate surface area is 183 Å². The highest BCUT2D eigenvalue weighted by Gasteiger charge is 2.39. The van der Waals surface area contributed by atoms with E-state index < -0.39 is 66.2 Å². The number of thiol groups is 1. The van der Waals surface area contributed by atoms with Crippen molar-refractivity contribution in [3.63, 3.8) is 0 Å². The number of carbonyl (C=O) groups is 6. The van der Waals surface area contributed by atoms with E-state index in [-0.39, 0.29) is 31.6 Å². The van der Waals surface area contributed by atoms with Crippen LogP contribution in [0.25, 0.3) is 0 Å². The molecule has 0 saturated carbocycles. The molecule has 31 heavy (non-hydrogen) atoms. The van der Waals surface area contributed by atoms with E-state index in [4.69, 9.17) is 21.7 Å². The van der Waals surface area contributed by atoms with E-state index in [1.165, 1.54) is 0 Å². The lowest BCUT2D eigenvalue weighted by molar-refractivity contribution is -0.148. The van der Waals surface area contributed by atoms with Crippen LogP contribution in [0, 0.1) is 0 Å². The van der Waals surface area contributed by atoms with E-state index in [1.54, 1.807) is 0 Å². The van der Waals surface area contributed by atoms with Gasteiger partial charge < -0.3 is 37.2 Å². The zero-order valence-electron chi connectivity index (χ0n) is 16.7. The fourth-order valence-electron chi connectivity index (χ4n) is 3.05. The summed E-state index contributed by atoms with van der Waals surface area (Å²) in [6.45, 7) is 0.148. The normalized spacial score (nSPS) is 18.5. The summed E-state index contributed by atoms with van der Waals surface area (Å²) in [5.74, 6) is -5.79. The van der Waals surface area contributed by atoms with Crippen molar-refractivity contribution < 1.29 is 39.0 Å². The molecule has 14 heteroatoms. The molecule has 0 aromatic heterocycles. The fraction of sp³-hybridized carbons (Fsp3) is 0.647. The van der Waals surface area contributed by atoms with Crippen LogP contribution in [-0.2, 0) is 28.8 Å². The largest absolute Gasteiger partial charge is 0.481 e. The molecule has 1 aliphatic rings. The Morgan fingerprint density at radius 3 is 2.26 bits per heavy atom. The van der Waals surface area contributed by atoms with Crippen LogP contribution >= 0.6 is 12.6 Å². The Bertz CT molecular complexity index is 733. The van der Waals surface area contributed by atoms with Crippen LogP contribution in [-0.4, -0.2) is 87.1 Å². The third kappa shape index (κ3) is 8.05. The van der Waals surface area contributed by atoms with Gasteiger partial charge in [0.1, 0.15) is 18.1 Å². The number of aliphatic carboxylic acids is 2. The number of carboxylic acid groups (broad SMARTS) is 2. The van der Waals surface area contributed by atoms with Gasteiger partial charge in [-0.2, -0.15) is 12.6 Å². The maximum absolute atomic E-state index is 13.0. The number of carboxylic acids is 2. The summed E-state index contributed by atoms with van der Waals surface area (Å²) >= 11 is 3.92. The maximum atomic E-state index is 13.0. The number of nitrogens with two attached hydrogens (primary N) is 2. The van der Waals surface area contributed by atoms with Crippen LogP contribution < -0.4 is 22.1 Å². The van der Waals surface area contributed by atoms with Crippen LogP contribution in [0.5, 0.6) is 0 Å². The highest BCUT2D eigenvalue weighted by Crippen LogP contribution is 2.20. The first kappa shape index (κ1) is 26.2. The van der Waals surface area contributed by atoms with E-state index in [0.29, 0.717) is 6.42 Å². The Morgan fingerprint density at radius 2 is 1.74 bits per heavy atom. The molecule has 8 N–H and O–H groups in total. The highest BCUT2D eigenvalue weighted by molar-refractivity contribution is 7.80. The lowest BCUT2D eigenvalue weighted by Gasteiger charge is -2.29. The first-order chi connectivity index (χ1) is 14.5. The highest BCUT2D eigenvalue weighted by atomic mass is 32.1. The molecule has 4 unspecified atom stereocenters. The molecule has 1 rings (SSSR count). The quantitative estimate of drug-likeness (QED) is 0.147. The molecule has 0 bridgehead atoms. The molecule has 0 aromatic rings. The zero-order valence-corrected chi connectivity index (χ0v) is 17.5. The predicted molar refractivity (Wildman–Crippen MR) is 109 cm³/mol. The van der Waals surface area contributed by atoms with E-state index in [0.717, 1.165) is 4.90 Å². The smallest absolute Gasteiger partial charge is 0.326 e. The molecule has 1 fully saturated rings. The first-order valence-corrected chi connectivity index (χ1v) is 10.1. The molecule has 0 spiro atoms. The number of hydrogen-bond donors (Lipinski definition) is 7. The van der Waals surface area contributed by atoms with Crippen molar-refractivity contribution in [1.29, 1.82) is 0 Å². The van der Waals surface area contributed by atoms with Crippen molar-refractivity contribution in [3.05, 3.63) is 0 Å². The number of likely N-dealkylation sites (tertiary alicyclic amines) is 1. The number of hydrogen-bond acceptors (Lipinski definition) is 8. The minimum atomic E-state index is -1.67. The number of carbonyl (C=O) groups excluding carboxylic acids is 4. The Kier molecular flexibility index (Phi) is 10.2. The zero-order chi connectivity index (χ0) is 23.7. The first-order valence-electron chi connectivity index (χ1n) is 9.48. The molecule has 0 radical (unpaired) electrons. The average Bonchev–Trinajstić information content (AvgIpc) is 3.18. The molecule has 0 aliphatic carbocycles. The number of nitrogens with one attached hydrogen (secondary N) is 2. The number of amides is 4. The van der Waals surface area contributed by atoms with E-state index in [1.807, 2.05) is 0 Å². The second-order valence-electron chi connectivity index (χ2n) is 7.04. The van der Waals surface area contributed by atoms with E-state index >= 15 is 0 Å². The molecular weight excluding hydrogens is 434 g/mol. The van der Waals surface area contributed by atoms with E-state index in [2.05, 4.69) is 23.3 Å². The summed E-state index contributed by atoms with van der Waals surface area (Å²) in [4.78, 5) is 72.0. The molecule has 1 saturated heterocycles. The van der Waals surface area contributed by atoms with Crippen molar-refractivity contribution in [2.24, 2.45) is 11.5 Å². The van der Waals surface area contributed by atoms with Gasteiger partial charge in [-0.25, -0.2) is 4.79 Å². The van der Waals surface area contributed by atoms with Gasteiger partial charge in [0.25, 0.3) is 0 Å². The van der Waals surface area contributed by atoms with Crippen molar-refractivity contribution in [1.82, 2.24) is 15.5 Å². The Hall–Kier alpha value is -2.87. The average molecular weight is 461 g/mol. The number of rotatable bonds is 12. The van der Waals surface area contributed by atoms with Gasteiger partial charge in [0.15, 0.2) is 0 Å². The van der Waals surface area contributed by atoms with Gasteiger partial charge in [-0.05, 0) is 19.3 Å². The Morgan fingerprint density at radius 1 is 1.10 bits per heavy atom. The van der Waals surface area contributed by atoms with Gasteiger partial charge in [0.05, 0.1) is 12.5 Å². The second-order valence-corrected chi connectivity index (χ2v) is 7.41. The molecule has 4 atom stereocenters. The van der Waals surface area contributed by atoms with Gasteiger partial charge in [0.2, 0.25) is 23.6 Å². The van der Waals surface area contributed by atoms with Gasteiger partial charge in [-0.3, -0.25) is 24.0 Å². The standard InChI is InChI=1S/C17H27N5O8S/c18-8(7-31)14(26)20-9(3-4-12(19)23)16(28)22-5-1-2-11(22)15(27)21-10(17(29)30)6-13(24)25/h8-11,31H,1-7,18H2,(H2,19,23)(H,20,26)(H,21,27)(H,24,25)(H,29,30). The van der Waals surface area contributed by atoms with Crippen molar-refractivity contribution in [2.75, 3.05) is 12.3 Å². The summed E-state index contributed by atoms with van der Waals surface area (Å²) in [6, 6.07) is -4.91. The monoisotopic (exact) mass is 461 g/mol. The maximum Gasteiger partial charge on any atom is 0.326 e. The third-order valence-electron chi connectivity index (χ3n) is 4.66. The molecular formula is C17H27N5O8S. The van der Waals surface area contributed by atoms with Crippen LogP contribution in [0.3, 0.4) is 0 Å². The third-order valence-corrected chi connectivity index (χ3v) is 5.05. The summed E-state index contributed by atoms with van der Waals surface area (Å²) in [6.07, 6.45) is -0.532. The summed E-state index contributed by atoms with van der Waals surface area (Å²) in [7, 11) is 0. The lowest BCUT2D eigenvalue weighted by Crippen LogP contribution is -2.57. The minimum absolute atomic E-state index is 0.0114. The topological polar surface area (TPSA) is 222 Å². The summed E-state index contributed by atoms with van der Waals surface area (Å²) in [5, 5.41) is 22.5. The fourth-order valence-corrected chi connectivity index (χ4v) is 3.22. The SMILES string of the molecule is NC(=O)CCC(NC(=O)C(N)CS)C(=O)N1CCCC1C(=O)NC(CC(=O)O)C(=O)O. The predicted octanol–water partition coefficient (Wildman–Crippen LogP) is -2.97. The van der Waals surface area contributed by atoms with Gasteiger partial charge in [0, 0.05) is 18.7 Å². The molecule has 174 valence electrons. The molecule has 13 nitrogen and oxygen atoms in total. The minimum Gasteiger partial charge on any atom is -0.481 e.